The number of nitrogen functional groups attached to an aromatic ring is 1. The molecule has 0 aliphatic rings. The summed E-state index contributed by atoms with van der Waals surface area (Å²) in [6.07, 6.45) is 1.74. The van der Waals surface area contributed by atoms with Crippen molar-refractivity contribution in [2.24, 2.45) is 0 Å². The molecule has 0 aliphatic heterocycles. The van der Waals surface area contributed by atoms with Crippen molar-refractivity contribution in [3.63, 3.8) is 0 Å². The Kier molecular flexibility index (Phi) is 3.78. The third-order valence-electron chi connectivity index (χ3n) is 2.02. The Bertz CT molecular complexity index is 444. The Morgan fingerprint density at radius 2 is 2.19 bits per heavy atom. The van der Waals surface area contributed by atoms with Crippen LogP contribution in [0.5, 0.6) is 5.75 Å². The Morgan fingerprint density at radius 3 is 2.69 bits per heavy atom. The molecule has 16 heavy (non-hydrogen) atoms. The first-order valence-corrected chi connectivity index (χ1v) is 4.80. The molecule has 0 fully saturated rings. The van der Waals surface area contributed by atoms with Gasteiger partial charge in [-0.1, -0.05) is 0 Å². The topological polar surface area (TPSA) is 62.3 Å². The summed E-state index contributed by atoms with van der Waals surface area (Å²) in [7, 11) is 5.28. The molecule has 4 heteroatoms. The number of benzene rings is 1. The maximum atomic E-state index is 9.09. The lowest BCUT2D eigenvalue weighted by molar-refractivity contribution is 0.413. The Labute approximate surface area is 95.5 Å². The Hall–Kier alpha value is -2.15. The zero-order valence-electron chi connectivity index (χ0n) is 9.69. The number of hydrogen-bond donors (Lipinski definition) is 1. The molecular formula is C12H15N3O. The van der Waals surface area contributed by atoms with Crippen molar-refractivity contribution in [3.8, 4) is 11.8 Å². The second-order valence-electron chi connectivity index (χ2n) is 3.58. The zero-order chi connectivity index (χ0) is 12.1. The van der Waals surface area contributed by atoms with Crippen LogP contribution in [0.2, 0.25) is 0 Å². The fourth-order valence-electron chi connectivity index (χ4n) is 1.35. The fourth-order valence-corrected chi connectivity index (χ4v) is 1.35. The number of anilines is 1. The highest BCUT2D eigenvalue weighted by Crippen LogP contribution is 2.27. The van der Waals surface area contributed by atoms with E-state index in [1.165, 1.54) is 0 Å². The van der Waals surface area contributed by atoms with Gasteiger partial charge in [0.15, 0.2) is 0 Å². The molecule has 0 unspecified atom stereocenters. The van der Waals surface area contributed by atoms with Gasteiger partial charge in [0.2, 0.25) is 0 Å². The van der Waals surface area contributed by atoms with Crippen LogP contribution in [0.1, 0.15) is 5.56 Å². The lowest BCUT2D eigenvalue weighted by Crippen LogP contribution is -2.03. The van der Waals surface area contributed by atoms with Gasteiger partial charge in [0.1, 0.15) is 11.8 Å². The summed E-state index contributed by atoms with van der Waals surface area (Å²) >= 11 is 0. The normalized spacial score (nSPS) is 10.8. The second kappa shape index (κ2) is 5.08. The first-order chi connectivity index (χ1) is 7.58. The minimum atomic E-state index is 0.543. The molecule has 0 saturated heterocycles. The van der Waals surface area contributed by atoms with Gasteiger partial charge in [0.05, 0.1) is 12.7 Å². The van der Waals surface area contributed by atoms with E-state index < -0.39 is 0 Å². The van der Waals surface area contributed by atoms with E-state index in [0.717, 1.165) is 5.56 Å². The van der Waals surface area contributed by atoms with E-state index in [4.69, 9.17) is 15.7 Å². The van der Waals surface area contributed by atoms with Gasteiger partial charge in [-0.2, -0.15) is 5.26 Å². The second-order valence-corrected chi connectivity index (χ2v) is 3.58. The molecule has 4 nitrogen and oxygen atoms in total. The Morgan fingerprint density at radius 1 is 1.50 bits per heavy atom. The minimum Gasteiger partial charge on any atom is -0.496 e. The molecular weight excluding hydrogens is 202 g/mol. The fraction of sp³-hybridized carbons (Fsp3) is 0.250. The summed E-state index contributed by atoms with van der Waals surface area (Å²) in [5.74, 6) is 0.606. The van der Waals surface area contributed by atoms with E-state index in [9.17, 15) is 0 Å². The van der Waals surface area contributed by atoms with E-state index in [-0.39, 0.29) is 0 Å². The summed E-state index contributed by atoms with van der Waals surface area (Å²) < 4.78 is 5.20. The molecule has 0 bridgehead atoms. The molecule has 0 amide bonds. The third kappa shape index (κ3) is 2.67. The van der Waals surface area contributed by atoms with Crippen LogP contribution in [0.3, 0.4) is 0 Å². The quantitative estimate of drug-likeness (QED) is 0.618. The SMILES string of the molecule is COc1cc(N)ccc1/C(C#N)=C/N(C)C. The standard InChI is InChI=1S/C12H15N3O/c1-15(2)8-9(7-13)11-5-4-10(14)6-12(11)16-3/h4-6,8H,14H2,1-3H3/b9-8+. The number of nitriles is 1. The van der Waals surface area contributed by atoms with Crippen LogP contribution in [-0.2, 0) is 0 Å². The van der Waals surface area contributed by atoms with Crippen LogP contribution in [-0.4, -0.2) is 26.1 Å². The van der Waals surface area contributed by atoms with Crippen LogP contribution in [0.15, 0.2) is 24.4 Å². The number of nitrogens with zero attached hydrogens (tertiary/aromatic N) is 2. The van der Waals surface area contributed by atoms with Crippen LogP contribution in [0.4, 0.5) is 5.69 Å². The van der Waals surface area contributed by atoms with Crippen molar-refractivity contribution in [1.82, 2.24) is 4.90 Å². The molecule has 1 aromatic rings. The van der Waals surface area contributed by atoms with Crippen LogP contribution in [0.25, 0.3) is 5.57 Å². The van der Waals surface area contributed by atoms with E-state index in [1.54, 1.807) is 31.5 Å². The highest BCUT2D eigenvalue weighted by molar-refractivity contribution is 5.80. The van der Waals surface area contributed by atoms with Gasteiger partial charge in [-0.15, -0.1) is 0 Å². The number of methoxy groups -OCH3 is 1. The van der Waals surface area contributed by atoms with Crippen molar-refractivity contribution in [2.75, 3.05) is 26.9 Å². The minimum absolute atomic E-state index is 0.543. The average molecular weight is 217 g/mol. The third-order valence-corrected chi connectivity index (χ3v) is 2.02. The number of allylic oxidation sites excluding steroid dienone is 1. The Balaban J connectivity index is 3.26. The predicted molar refractivity (Wildman–Crippen MR) is 64.7 cm³/mol. The lowest BCUT2D eigenvalue weighted by Gasteiger charge is -2.10. The average Bonchev–Trinajstić information content (AvgIpc) is 2.25. The molecule has 0 aromatic heterocycles. The maximum Gasteiger partial charge on any atom is 0.129 e. The van der Waals surface area contributed by atoms with Gasteiger partial charge in [-0.3, -0.25) is 0 Å². The van der Waals surface area contributed by atoms with Gasteiger partial charge in [0, 0.05) is 37.6 Å². The maximum absolute atomic E-state index is 9.09. The molecule has 2 N–H and O–H groups in total. The van der Waals surface area contributed by atoms with Crippen molar-refractivity contribution in [2.45, 2.75) is 0 Å². The predicted octanol–water partition coefficient (Wildman–Crippen LogP) is 1.70. The zero-order valence-corrected chi connectivity index (χ0v) is 9.69. The summed E-state index contributed by atoms with van der Waals surface area (Å²) in [6.45, 7) is 0. The highest BCUT2D eigenvalue weighted by atomic mass is 16.5. The summed E-state index contributed by atoms with van der Waals surface area (Å²) in [4.78, 5) is 1.81. The molecule has 0 saturated carbocycles. The van der Waals surface area contributed by atoms with Gasteiger partial charge >= 0.3 is 0 Å². The van der Waals surface area contributed by atoms with Gasteiger partial charge in [-0.05, 0) is 12.1 Å². The monoisotopic (exact) mass is 217 g/mol. The number of rotatable bonds is 3. The number of ether oxygens (including phenoxy) is 1. The van der Waals surface area contributed by atoms with E-state index in [1.807, 2.05) is 19.0 Å². The highest BCUT2D eigenvalue weighted by Gasteiger charge is 2.08. The van der Waals surface area contributed by atoms with Crippen molar-refractivity contribution in [3.05, 3.63) is 30.0 Å². The van der Waals surface area contributed by atoms with Crippen LogP contribution < -0.4 is 10.5 Å². The molecule has 0 heterocycles. The number of hydrogen-bond acceptors (Lipinski definition) is 4. The molecule has 84 valence electrons. The largest absolute Gasteiger partial charge is 0.496 e. The lowest BCUT2D eigenvalue weighted by atomic mass is 10.1. The molecule has 0 aliphatic carbocycles. The van der Waals surface area contributed by atoms with Crippen LogP contribution >= 0.6 is 0 Å². The summed E-state index contributed by atoms with van der Waals surface area (Å²) in [6, 6.07) is 7.38. The van der Waals surface area contributed by atoms with Crippen molar-refractivity contribution in [1.29, 1.82) is 5.26 Å². The summed E-state index contributed by atoms with van der Waals surface area (Å²) in [5, 5.41) is 9.09. The molecule has 0 spiro atoms. The van der Waals surface area contributed by atoms with Gasteiger partial charge < -0.3 is 15.4 Å². The first-order valence-electron chi connectivity index (χ1n) is 4.80. The first kappa shape index (κ1) is 11.9. The number of nitrogens with two attached hydrogens (primary N) is 1. The molecule has 0 radical (unpaired) electrons. The smallest absolute Gasteiger partial charge is 0.129 e. The van der Waals surface area contributed by atoms with E-state index in [2.05, 4.69) is 6.07 Å². The van der Waals surface area contributed by atoms with Crippen molar-refractivity contribution >= 4 is 11.3 Å². The van der Waals surface area contributed by atoms with Crippen LogP contribution in [0, 0.1) is 11.3 Å². The van der Waals surface area contributed by atoms with Gasteiger partial charge in [0.25, 0.3) is 0 Å². The van der Waals surface area contributed by atoms with Crippen molar-refractivity contribution < 1.29 is 4.74 Å². The molecule has 1 rings (SSSR count). The molecule has 0 atom stereocenters. The van der Waals surface area contributed by atoms with Gasteiger partial charge in [-0.25, -0.2) is 0 Å². The molecule has 1 aromatic carbocycles. The van der Waals surface area contributed by atoms with E-state index in [0.29, 0.717) is 17.0 Å². The summed E-state index contributed by atoms with van der Waals surface area (Å²) in [5.41, 5.74) is 7.55. The van der Waals surface area contributed by atoms with E-state index >= 15 is 0 Å².